The molecule has 2 aromatic heterocycles. The van der Waals surface area contributed by atoms with E-state index in [0.29, 0.717) is 11.3 Å². The molecule has 2 rings (SSSR count). The first-order chi connectivity index (χ1) is 9.15. The molecule has 0 aliphatic carbocycles. The second-order valence-corrected chi connectivity index (χ2v) is 5.25. The highest BCUT2D eigenvalue weighted by molar-refractivity contribution is 7.08. The van der Waals surface area contributed by atoms with Crippen molar-refractivity contribution >= 4 is 17.3 Å². The van der Waals surface area contributed by atoms with Gasteiger partial charge in [-0.1, -0.05) is 17.8 Å². The van der Waals surface area contributed by atoms with Crippen LogP contribution in [0.2, 0.25) is 0 Å². The summed E-state index contributed by atoms with van der Waals surface area (Å²) < 4.78 is 5.78. The van der Waals surface area contributed by atoms with Gasteiger partial charge in [0.1, 0.15) is 4.88 Å². The molecule has 0 saturated heterocycles. The van der Waals surface area contributed by atoms with Crippen LogP contribution in [0.1, 0.15) is 47.0 Å². The average Bonchev–Trinajstić information content (AvgIpc) is 2.96. The number of carbonyl (C=O) groups excluding carboxylic acids is 1. The van der Waals surface area contributed by atoms with Crippen LogP contribution in [0, 0.1) is 6.92 Å². The second kappa shape index (κ2) is 6.06. The van der Waals surface area contributed by atoms with Gasteiger partial charge in [-0.25, -0.2) is 0 Å². The zero-order chi connectivity index (χ0) is 13.8. The average molecular weight is 278 g/mol. The Bertz CT molecular complexity index is 573. The van der Waals surface area contributed by atoms with Crippen molar-refractivity contribution in [3.63, 3.8) is 0 Å². The third-order valence-corrected chi connectivity index (χ3v) is 3.73. The van der Waals surface area contributed by atoms with Crippen molar-refractivity contribution < 1.29 is 4.79 Å². The fraction of sp³-hybridized carbons (Fsp3) is 0.538. The minimum atomic E-state index is 0.0908. The van der Waals surface area contributed by atoms with Gasteiger partial charge in [0, 0.05) is 12.2 Å². The van der Waals surface area contributed by atoms with E-state index in [1.807, 2.05) is 24.6 Å². The first-order valence-corrected chi connectivity index (χ1v) is 7.30. The lowest BCUT2D eigenvalue weighted by Crippen LogP contribution is -2.10. The van der Waals surface area contributed by atoms with Gasteiger partial charge in [-0.2, -0.15) is 5.10 Å². The van der Waals surface area contributed by atoms with Gasteiger partial charge in [-0.05, 0) is 37.9 Å². The van der Waals surface area contributed by atoms with Crippen LogP contribution in [0.15, 0.2) is 6.07 Å². The van der Waals surface area contributed by atoms with Crippen LogP contribution in [-0.4, -0.2) is 25.2 Å². The highest BCUT2D eigenvalue weighted by atomic mass is 32.1. The van der Waals surface area contributed by atoms with Crippen LogP contribution in [0.25, 0.3) is 0 Å². The van der Waals surface area contributed by atoms with Gasteiger partial charge in [0.25, 0.3) is 0 Å². The smallest absolute Gasteiger partial charge is 0.182 e. The van der Waals surface area contributed by atoms with E-state index in [-0.39, 0.29) is 5.78 Å². The van der Waals surface area contributed by atoms with Crippen LogP contribution < -0.4 is 0 Å². The van der Waals surface area contributed by atoms with Crippen LogP contribution in [0.3, 0.4) is 0 Å². The second-order valence-electron chi connectivity index (χ2n) is 4.49. The zero-order valence-electron chi connectivity index (χ0n) is 11.5. The number of carbonyl (C=O) groups is 1. The molecule has 0 aliphatic heterocycles. The minimum absolute atomic E-state index is 0.0908. The summed E-state index contributed by atoms with van der Waals surface area (Å²) in [6.45, 7) is 6.82. The summed E-state index contributed by atoms with van der Waals surface area (Å²) >= 11 is 1.20. The van der Waals surface area contributed by atoms with Crippen molar-refractivity contribution in [1.29, 1.82) is 0 Å². The third kappa shape index (κ3) is 3.07. The monoisotopic (exact) mass is 278 g/mol. The van der Waals surface area contributed by atoms with Gasteiger partial charge in [0.2, 0.25) is 0 Å². The van der Waals surface area contributed by atoms with Crippen LogP contribution in [0.5, 0.6) is 0 Å². The van der Waals surface area contributed by atoms with E-state index in [1.54, 1.807) is 0 Å². The van der Waals surface area contributed by atoms with Gasteiger partial charge >= 0.3 is 0 Å². The van der Waals surface area contributed by atoms with Crippen molar-refractivity contribution in [1.82, 2.24) is 19.4 Å². The lowest BCUT2D eigenvalue weighted by molar-refractivity contribution is 0.0993. The molecule has 0 N–H and O–H groups in total. The number of nitrogens with zero attached hydrogens (tertiary/aromatic N) is 4. The Morgan fingerprint density at radius 3 is 2.89 bits per heavy atom. The standard InChI is InChI=1S/C13H18N4OS/c1-4-6-11-13(19-16-14-11)12(18)8-10-7-9(3)15-17(10)5-2/h7H,4-6,8H2,1-3H3. The lowest BCUT2D eigenvalue weighted by Gasteiger charge is -2.03. The molecule has 102 valence electrons. The fourth-order valence-corrected chi connectivity index (χ4v) is 2.72. The van der Waals surface area contributed by atoms with E-state index >= 15 is 0 Å². The molecular formula is C13H18N4OS. The summed E-state index contributed by atoms with van der Waals surface area (Å²) in [6, 6.07) is 1.97. The number of aryl methyl sites for hydroxylation is 3. The lowest BCUT2D eigenvalue weighted by atomic mass is 10.1. The Morgan fingerprint density at radius 2 is 2.21 bits per heavy atom. The molecule has 0 aliphatic rings. The number of hydrogen-bond donors (Lipinski definition) is 0. The highest BCUT2D eigenvalue weighted by Gasteiger charge is 2.18. The third-order valence-electron chi connectivity index (χ3n) is 2.92. The topological polar surface area (TPSA) is 60.7 Å². The maximum absolute atomic E-state index is 12.3. The summed E-state index contributed by atoms with van der Waals surface area (Å²) in [7, 11) is 0. The maximum atomic E-state index is 12.3. The van der Waals surface area contributed by atoms with E-state index in [2.05, 4.69) is 21.6 Å². The molecule has 2 heterocycles. The van der Waals surface area contributed by atoms with E-state index in [4.69, 9.17) is 0 Å². The van der Waals surface area contributed by atoms with Crippen molar-refractivity contribution in [3.8, 4) is 0 Å². The summed E-state index contributed by atoms with van der Waals surface area (Å²) in [4.78, 5) is 13.0. The van der Waals surface area contributed by atoms with E-state index < -0.39 is 0 Å². The normalized spacial score (nSPS) is 10.9. The molecule has 0 spiro atoms. The molecule has 0 amide bonds. The largest absolute Gasteiger partial charge is 0.293 e. The molecule has 6 heteroatoms. The van der Waals surface area contributed by atoms with Gasteiger partial charge in [-0.3, -0.25) is 9.48 Å². The number of hydrogen-bond acceptors (Lipinski definition) is 5. The van der Waals surface area contributed by atoms with E-state index in [1.165, 1.54) is 11.5 Å². The van der Waals surface area contributed by atoms with Gasteiger partial charge in [-0.15, -0.1) is 5.10 Å². The quantitative estimate of drug-likeness (QED) is 0.761. The molecule has 19 heavy (non-hydrogen) atoms. The van der Waals surface area contributed by atoms with Crippen LogP contribution >= 0.6 is 11.5 Å². The number of rotatable bonds is 6. The predicted molar refractivity (Wildman–Crippen MR) is 74.6 cm³/mol. The Labute approximate surface area is 116 Å². The van der Waals surface area contributed by atoms with E-state index in [9.17, 15) is 4.79 Å². The van der Waals surface area contributed by atoms with Gasteiger partial charge < -0.3 is 0 Å². The Balaban J connectivity index is 2.18. The molecule has 0 aromatic carbocycles. The fourth-order valence-electron chi connectivity index (χ4n) is 2.08. The Hall–Kier alpha value is -1.56. The molecule has 0 fully saturated rings. The van der Waals surface area contributed by atoms with E-state index in [0.717, 1.165) is 36.5 Å². The summed E-state index contributed by atoms with van der Waals surface area (Å²) in [5.74, 6) is 0.0908. The SMILES string of the molecule is CCCc1nnsc1C(=O)Cc1cc(C)nn1CC. The van der Waals surface area contributed by atoms with Gasteiger partial charge in [0.15, 0.2) is 5.78 Å². The first kappa shape index (κ1) is 13.9. The number of Topliss-reactive ketones (excluding diaryl/α,β-unsaturated/α-hetero) is 1. The molecule has 2 aromatic rings. The van der Waals surface area contributed by atoms with Crippen molar-refractivity contribution in [2.75, 3.05) is 0 Å². The number of aromatic nitrogens is 4. The Morgan fingerprint density at radius 1 is 1.42 bits per heavy atom. The number of ketones is 1. The summed E-state index contributed by atoms with van der Waals surface area (Å²) in [6.07, 6.45) is 2.15. The zero-order valence-corrected chi connectivity index (χ0v) is 12.3. The molecule has 0 saturated carbocycles. The summed E-state index contributed by atoms with van der Waals surface area (Å²) in [5, 5.41) is 8.40. The Kier molecular flexibility index (Phi) is 4.42. The molecular weight excluding hydrogens is 260 g/mol. The van der Waals surface area contributed by atoms with Crippen LogP contribution in [-0.2, 0) is 19.4 Å². The minimum Gasteiger partial charge on any atom is -0.293 e. The molecule has 5 nitrogen and oxygen atoms in total. The summed E-state index contributed by atoms with van der Waals surface area (Å²) in [5.41, 5.74) is 2.73. The molecule has 0 atom stereocenters. The van der Waals surface area contributed by atoms with Crippen molar-refractivity contribution in [3.05, 3.63) is 28.0 Å². The van der Waals surface area contributed by atoms with Crippen molar-refractivity contribution in [2.24, 2.45) is 0 Å². The first-order valence-electron chi connectivity index (χ1n) is 6.53. The molecule has 0 radical (unpaired) electrons. The predicted octanol–water partition coefficient (Wildman–Crippen LogP) is 2.44. The van der Waals surface area contributed by atoms with Crippen LogP contribution in [0.4, 0.5) is 0 Å². The molecule has 0 unspecified atom stereocenters. The highest BCUT2D eigenvalue weighted by Crippen LogP contribution is 2.16. The van der Waals surface area contributed by atoms with Gasteiger partial charge in [0.05, 0.1) is 17.8 Å². The van der Waals surface area contributed by atoms with Crippen molar-refractivity contribution in [2.45, 2.75) is 46.6 Å². The molecule has 0 bridgehead atoms. The maximum Gasteiger partial charge on any atom is 0.182 e.